The van der Waals surface area contributed by atoms with Crippen LogP contribution in [0.1, 0.15) is 10.4 Å². The van der Waals surface area contributed by atoms with Crippen LogP contribution in [0.25, 0.3) is 11.0 Å². The highest BCUT2D eigenvalue weighted by molar-refractivity contribution is 7.89. The lowest BCUT2D eigenvalue weighted by Gasteiger charge is -2.33. The summed E-state index contributed by atoms with van der Waals surface area (Å²) in [7, 11) is -3.78. The zero-order valence-corrected chi connectivity index (χ0v) is 16.1. The molecule has 9 heteroatoms. The van der Waals surface area contributed by atoms with E-state index in [1.54, 1.807) is 24.3 Å². The molecule has 0 atom stereocenters. The number of hydrogen-bond acceptors (Lipinski definition) is 5. The van der Waals surface area contributed by atoms with Crippen LogP contribution in [-0.2, 0) is 10.0 Å². The number of piperazine rings is 1. The summed E-state index contributed by atoms with van der Waals surface area (Å²) >= 11 is 0. The summed E-state index contributed by atoms with van der Waals surface area (Å²) < 4.78 is 44.9. The fraction of sp³-hybridized carbons (Fsp3) is 0.200. The van der Waals surface area contributed by atoms with Crippen molar-refractivity contribution in [2.24, 2.45) is 0 Å². The standard InChI is InChI=1S/C20H17FN2O5S/c21-15-5-7-16(8-6-15)29(26,27)23-11-9-22(10-12-23)19(24)17-13-14-3-1-2-4-18(14)28-20(17)25/h1-8,13H,9-12H2. The molecule has 4 rings (SSSR count). The number of amides is 1. The van der Waals surface area contributed by atoms with Gasteiger partial charge >= 0.3 is 5.63 Å². The van der Waals surface area contributed by atoms with Gasteiger partial charge in [-0.1, -0.05) is 18.2 Å². The predicted molar refractivity (Wildman–Crippen MR) is 104 cm³/mol. The Morgan fingerprint density at radius 1 is 0.966 bits per heavy atom. The Balaban J connectivity index is 1.51. The zero-order chi connectivity index (χ0) is 20.6. The van der Waals surface area contributed by atoms with Crippen LogP contribution in [-0.4, -0.2) is 49.7 Å². The summed E-state index contributed by atoms with van der Waals surface area (Å²) in [5.41, 5.74) is -0.419. The van der Waals surface area contributed by atoms with Gasteiger partial charge in [0.15, 0.2) is 0 Å². The molecule has 1 aliphatic rings. The molecule has 150 valence electrons. The molecule has 2 aromatic carbocycles. The molecule has 2 heterocycles. The quantitative estimate of drug-likeness (QED) is 0.610. The number of benzene rings is 2. The lowest BCUT2D eigenvalue weighted by molar-refractivity contribution is 0.0694. The van der Waals surface area contributed by atoms with Gasteiger partial charge in [0.2, 0.25) is 10.0 Å². The van der Waals surface area contributed by atoms with Crippen molar-refractivity contribution in [2.45, 2.75) is 4.90 Å². The molecule has 0 aliphatic carbocycles. The summed E-state index contributed by atoms with van der Waals surface area (Å²) in [6.07, 6.45) is 0. The lowest BCUT2D eigenvalue weighted by Crippen LogP contribution is -2.51. The first-order chi connectivity index (χ1) is 13.9. The van der Waals surface area contributed by atoms with Crippen molar-refractivity contribution in [3.8, 4) is 0 Å². The summed E-state index contributed by atoms with van der Waals surface area (Å²) in [5.74, 6) is -1.02. The van der Waals surface area contributed by atoms with Crippen LogP contribution in [0.15, 0.2) is 68.7 Å². The van der Waals surface area contributed by atoms with Crippen molar-refractivity contribution >= 4 is 26.9 Å². The van der Waals surface area contributed by atoms with Crippen LogP contribution in [0.3, 0.4) is 0 Å². The summed E-state index contributed by atoms with van der Waals surface area (Å²) in [4.78, 5) is 26.4. The highest BCUT2D eigenvalue weighted by Gasteiger charge is 2.31. The maximum absolute atomic E-state index is 13.1. The number of carbonyl (C=O) groups excluding carboxylic acids is 1. The summed E-state index contributed by atoms with van der Waals surface area (Å²) in [5, 5.41) is 0.632. The minimum Gasteiger partial charge on any atom is -0.422 e. The van der Waals surface area contributed by atoms with Crippen molar-refractivity contribution in [3.05, 3.63) is 76.4 Å². The van der Waals surface area contributed by atoms with Gasteiger partial charge in [0.25, 0.3) is 5.91 Å². The molecule has 29 heavy (non-hydrogen) atoms. The van der Waals surface area contributed by atoms with Crippen molar-refractivity contribution in [2.75, 3.05) is 26.2 Å². The minimum atomic E-state index is -3.78. The number of rotatable bonds is 3. The molecule has 0 radical (unpaired) electrons. The van der Waals surface area contributed by atoms with E-state index in [1.807, 2.05) is 0 Å². The van der Waals surface area contributed by atoms with E-state index in [2.05, 4.69) is 0 Å². The van der Waals surface area contributed by atoms with E-state index in [0.717, 1.165) is 12.1 Å². The molecule has 1 aromatic heterocycles. The van der Waals surface area contributed by atoms with E-state index in [4.69, 9.17) is 4.42 Å². The van der Waals surface area contributed by atoms with E-state index in [9.17, 15) is 22.4 Å². The third-order valence-corrected chi connectivity index (χ3v) is 6.76. The van der Waals surface area contributed by atoms with Gasteiger partial charge in [-0.15, -0.1) is 0 Å². The zero-order valence-electron chi connectivity index (χ0n) is 15.2. The van der Waals surface area contributed by atoms with Crippen LogP contribution < -0.4 is 5.63 Å². The van der Waals surface area contributed by atoms with Crippen LogP contribution in [0.4, 0.5) is 4.39 Å². The Hall–Kier alpha value is -3.04. The molecule has 0 bridgehead atoms. The van der Waals surface area contributed by atoms with Gasteiger partial charge in [0, 0.05) is 31.6 Å². The van der Waals surface area contributed by atoms with Crippen molar-refractivity contribution in [1.29, 1.82) is 0 Å². The predicted octanol–water partition coefficient (Wildman–Crippen LogP) is 2.08. The SMILES string of the molecule is O=C(c1cc2ccccc2oc1=O)N1CCN(S(=O)(=O)c2ccc(F)cc2)CC1. The van der Waals surface area contributed by atoms with Gasteiger partial charge in [0.1, 0.15) is 17.0 Å². The first kappa shape index (κ1) is 19.3. The molecule has 1 aliphatic heterocycles. The average Bonchev–Trinajstić information content (AvgIpc) is 2.73. The Morgan fingerprint density at radius 2 is 1.62 bits per heavy atom. The number of sulfonamides is 1. The number of nitrogens with zero attached hydrogens (tertiary/aromatic N) is 2. The topological polar surface area (TPSA) is 87.9 Å². The second-order valence-electron chi connectivity index (χ2n) is 6.64. The monoisotopic (exact) mass is 416 g/mol. The molecular formula is C20H17FN2O5S. The highest BCUT2D eigenvalue weighted by Crippen LogP contribution is 2.19. The lowest BCUT2D eigenvalue weighted by atomic mass is 10.1. The van der Waals surface area contributed by atoms with Crippen LogP contribution >= 0.6 is 0 Å². The number of hydrogen-bond donors (Lipinski definition) is 0. The first-order valence-electron chi connectivity index (χ1n) is 8.94. The van der Waals surface area contributed by atoms with Crippen LogP contribution in [0.5, 0.6) is 0 Å². The number of fused-ring (bicyclic) bond motifs is 1. The van der Waals surface area contributed by atoms with Gasteiger partial charge in [-0.25, -0.2) is 17.6 Å². The fourth-order valence-corrected chi connectivity index (χ4v) is 4.69. The van der Waals surface area contributed by atoms with Crippen LogP contribution in [0.2, 0.25) is 0 Å². The molecule has 7 nitrogen and oxygen atoms in total. The summed E-state index contributed by atoms with van der Waals surface area (Å²) in [6.45, 7) is 0.409. The van der Waals surface area contributed by atoms with E-state index >= 15 is 0 Å². The normalized spacial score (nSPS) is 15.6. The van der Waals surface area contributed by atoms with Gasteiger partial charge < -0.3 is 9.32 Å². The number of halogens is 1. The van der Waals surface area contributed by atoms with Gasteiger partial charge in [-0.05, 0) is 36.4 Å². The van der Waals surface area contributed by atoms with E-state index < -0.39 is 27.4 Å². The smallest absolute Gasteiger partial charge is 0.349 e. The minimum absolute atomic E-state index is 0.00569. The molecule has 0 saturated carbocycles. The Kier molecular flexibility index (Phi) is 4.93. The molecule has 3 aromatic rings. The van der Waals surface area contributed by atoms with E-state index in [1.165, 1.54) is 27.4 Å². The Bertz CT molecular complexity index is 1230. The molecule has 1 saturated heterocycles. The average molecular weight is 416 g/mol. The molecule has 0 N–H and O–H groups in total. The van der Waals surface area contributed by atoms with Gasteiger partial charge in [-0.3, -0.25) is 4.79 Å². The maximum Gasteiger partial charge on any atom is 0.349 e. The van der Waals surface area contributed by atoms with Gasteiger partial charge in [0.05, 0.1) is 4.90 Å². The second kappa shape index (κ2) is 7.41. The molecular weight excluding hydrogens is 399 g/mol. The van der Waals surface area contributed by atoms with Crippen LogP contribution in [0, 0.1) is 5.82 Å². The third kappa shape index (κ3) is 3.66. The highest BCUT2D eigenvalue weighted by atomic mass is 32.2. The Morgan fingerprint density at radius 3 is 2.31 bits per heavy atom. The molecule has 0 unspecified atom stereocenters. The number of para-hydroxylation sites is 1. The van der Waals surface area contributed by atoms with Gasteiger partial charge in [-0.2, -0.15) is 4.31 Å². The van der Waals surface area contributed by atoms with Crippen molar-refractivity contribution in [3.63, 3.8) is 0 Å². The third-order valence-electron chi connectivity index (χ3n) is 4.85. The van der Waals surface area contributed by atoms with E-state index in [0.29, 0.717) is 11.0 Å². The number of carbonyl (C=O) groups is 1. The van der Waals surface area contributed by atoms with Crippen molar-refractivity contribution in [1.82, 2.24) is 9.21 Å². The second-order valence-corrected chi connectivity index (χ2v) is 8.57. The first-order valence-corrected chi connectivity index (χ1v) is 10.4. The Labute approximate surface area is 166 Å². The molecule has 0 spiro atoms. The fourth-order valence-electron chi connectivity index (χ4n) is 3.27. The molecule has 1 amide bonds. The summed E-state index contributed by atoms with van der Waals surface area (Å²) in [6, 6.07) is 13.0. The largest absolute Gasteiger partial charge is 0.422 e. The maximum atomic E-state index is 13.1. The van der Waals surface area contributed by atoms with Crippen molar-refractivity contribution < 1.29 is 22.0 Å². The van der Waals surface area contributed by atoms with E-state index in [-0.39, 0.29) is 36.6 Å². The molecule has 1 fully saturated rings.